The third-order valence-corrected chi connectivity index (χ3v) is 3.94. The largest absolute Gasteiger partial charge is 0.345 e. The van der Waals surface area contributed by atoms with Crippen LogP contribution in [0.5, 0.6) is 0 Å². The molecule has 3 heteroatoms. The first kappa shape index (κ1) is 17.7. The van der Waals surface area contributed by atoms with E-state index in [-0.39, 0.29) is 0 Å². The van der Waals surface area contributed by atoms with Gasteiger partial charge in [0, 0.05) is 12.7 Å². The highest BCUT2D eigenvalue weighted by Crippen LogP contribution is 2.12. The second-order valence-corrected chi connectivity index (χ2v) is 5.75. The van der Waals surface area contributed by atoms with Crippen LogP contribution in [0.4, 0.5) is 0 Å². The average molecular weight is 291 g/mol. The van der Waals surface area contributed by atoms with Gasteiger partial charge in [-0.1, -0.05) is 64.7 Å². The number of carbonyl (C=O) groups is 2. The predicted octanol–water partition coefficient (Wildman–Crippen LogP) is 4.79. The molecule has 1 rings (SSSR count). The van der Waals surface area contributed by atoms with Crippen molar-refractivity contribution in [3.63, 3.8) is 0 Å². The minimum atomic E-state index is -0.424. The first-order valence-corrected chi connectivity index (χ1v) is 8.44. The van der Waals surface area contributed by atoms with Gasteiger partial charge >= 0.3 is 0 Å². The van der Waals surface area contributed by atoms with Gasteiger partial charge < -0.3 is 4.57 Å². The van der Waals surface area contributed by atoms with Crippen molar-refractivity contribution in [3.05, 3.63) is 24.0 Å². The van der Waals surface area contributed by atoms with E-state index in [2.05, 4.69) is 6.92 Å². The van der Waals surface area contributed by atoms with Crippen LogP contribution in [0.3, 0.4) is 0 Å². The molecule has 0 aliphatic carbocycles. The number of nitrogens with zero attached hydrogens (tertiary/aromatic N) is 1. The molecular weight excluding hydrogens is 262 g/mol. The lowest BCUT2D eigenvalue weighted by Gasteiger charge is -2.06. The fourth-order valence-electron chi connectivity index (χ4n) is 2.66. The van der Waals surface area contributed by atoms with Crippen LogP contribution in [-0.4, -0.2) is 16.6 Å². The minimum Gasteiger partial charge on any atom is -0.345 e. The van der Waals surface area contributed by atoms with Gasteiger partial charge in [-0.25, -0.2) is 0 Å². The summed E-state index contributed by atoms with van der Waals surface area (Å²) in [4.78, 5) is 21.9. The fraction of sp³-hybridized carbons (Fsp3) is 0.667. The van der Waals surface area contributed by atoms with E-state index in [0.717, 1.165) is 13.0 Å². The summed E-state index contributed by atoms with van der Waals surface area (Å²) in [6.07, 6.45) is 15.3. The Balaban J connectivity index is 2.03. The smallest absolute Gasteiger partial charge is 0.241 e. The van der Waals surface area contributed by atoms with Crippen molar-refractivity contribution in [1.82, 2.24) is 4.57 Å². The number of aromatic nitrogens is 1. The molecule has 0 saturated heterocycles. The van der Waals surface area contributed by atoms with Gasteiger partial charge in [0.2, 0.25) is 5.78 Å². The summed E-state index contributed by atoms with van der Waals surface area (Å²) in [6.45, 7) is 3.08. The van der Waals surface area contributed by atoms with Gasteiger partial charge in [0.1, 0.15) is 0 Å². The molecule has 0 aromatic carbocycles. The van der Waals surface area contributed by atoms with Crippen molar-refractivity contribution >= 4 is 12.1 Å². The number of unbranched alkanes of at least 4 members (excludes halogenated alkanes) is 9. The Kier molecular flexibility index (Phi) is 9.51. The zero-order valence-electron chi connectivity index (χ0n) is 13.4. The van der Waals surface area contributed by atoms with E-state index in [1.165, 1.54) is 57.8 Å². The van der Waals surface area contributed by atoms with E-state index in [0.29, 0.717) is 12.0 Å². The molecule has 0 saturated carbocycles. The van der Waals surface area contributed by atoms with E-state index in [9.17, 15) is 9.59 Å². The molecular formula is C18H29NO2. The zero-order valence-corrected chi connectivity index (χ0v) is 13.4. The summed E-state index contributed by atoms with van der Waals surface area (Å²) in [5.41, 5.74) is 0.515. The second-order valence-electron chi connectivity index (χ2n) is 5.75. The quantitative estimate of drug-likeness (QED) is 0.227. The molecule has 1 aromatic heterocycles. The maximum Gasteiger partial charge on any atom is 0.241 e. The van der Waals surface area contributed by atoms with Crippen LogP contribution < -0.4 is 0 Å². The molecule has 0 aliphatic rings. The molecule has 1 aromatic rings. The Morgan fingerprint density at radius 3 is 2.14 bits per heavy atom. The Labute approximate surface area is 128 Å². The Morgan fingerprint density at radius 1 is 1.00 bits per heavy atom. The summed E-state index contributed by atoms with van der Waals surface area (Å²) >= 11 is 0. The molecule has 118 valence electrons. The standard InChI is InChI=1S/C18H29NO2/c1-2-3-4-5-6-7-8-9-10-11-14-19-15-12-13-17(19)18(21)16-20/h12-13,15-16H,2-11,14H2,1H3. The highest BCUT2D eigenvalue weighted by Gasteiger charge is 2.08. The molecule has 1 heterocycles. The lowest BCUT2D eigenvalue weighted by atomic mass is 10.1. The second kappa shape index (κ2) is 11.3. The highest BCUT2D eigenvalue weighted by atomic mass is 16.2. The monoisotopic (exact) mass is 291 g/mol. The van der Waals surface area contributed by atoms with Crippen LogP contribution in [-0.2, 0) is 11.3 Å². The average Bonchev–Trinajstić information content (AvgIpc) is 2.97. The minimum absolute atomic E-state index is 0.393. The number of ketones is 1. The van der Waals surface area contributed by atoms with E-state index < -0.39 is 5.78 Å². The van der Waals surface area contributed by atoms with Gasteiger partial charge in [-0.3, -0.25) is 9.59 Å². The number of carbonyl (C=O) groups excluding carboxylic acids is 2. The molecule has 0 unspecified atom stereocenters. The topological polar surface area (TPSA) is 39.1 Å². The lowest BCUT2D eigenvalue weighted by molar-refractivity contribution is -0.104. The predicted molar refractivity (Wildman–Crippen MR) is 86.7 cm³/mol. The van der Waals surface area contributed by atoms with E-state index in [1.54, 1.807) is 6.07 Å². The van der Waals surface area contributed by atoms with Crippen LogP contribution in [0.25, 0.3) is 0 Å². The third-order valence-electron chi connectivity index (χ3n) is 3.94. The van der Waals surface area contributed by atoms with E-state index in [4.69, 9.17) is 0 Å². The maximum absolute atomic E-state index is 11.4. The van der Waals surface area contributed by atoms with Crippen LogP contribution in [0.2, 0.25) is 0 Å². The molecule has 0 atom stereocenters. The SMILES string of the molecule is CCCCCCCCCCCCn1cccc1C(=O)C=O. The summed E-state index contributed by atoms with van der Waals surface area (Å²) < 4.78 is 1.89. The molecule has 0 spiro atoms. The van der Waals surface area contributed by atoms with Gasteiger partial charge in [0.25, 0.3) is 0 Å². The molecule has 0 fully saturated rings. The van der Waals surface area contributed by atoms with Crippen molar-refractivity contribution in [2.24, 2.45) is 0 Å². The van der Waals surface area contributed by atoms with Crippen molar-refractivity contribution in [1.29, 1.82) is 0 Å². The van der Waals surface area contributed by atoms with Gasteiger partial charge in [0.15, 0.2) is 6.29 Å². The molecule has 0 aliphatic heterocycles. The summed E-state index contributed by atoms with van der Waals surface area (Å²) in [7, 11) is 0. The van der Waals surface area contributed by atoms with Gasteiger partial charge in [-0.2, -0.15) is 0 Å². The van der Waals surface area contributed by atoms with Gasteiger partial charge in [-0.15, -0.1) is 0 Å². The Bertz CT molecular complexity index is 409. The van der Waals surface area contributed by atoms with Crippen LogP contribution in [0, 0.1) is 0 Å². The molecule has 0 amide bonds. The van der Waals surface area contributed by atoms with E-state index in [1.807, 2.05) is 16.8 Å². The molecule has 0 bridgehead atoms. The number of hydrogen-bond acceptors (Lipinski definition) is 2. The highest BCUT2D eigenvalue weighted by molar-refractivity contribution is 6.32. The third kappa shape index (κ3) is 7.26. The Hall–Kier alpha value is -1.38. The Morgan fingerprint density at radius 2 is 1.57 bits per heavy atom. The van der Waals surface area contributed by atoms with Crippen LogP contribution in [0.15, 0.2) is 18.3 Å². The van der Waals surface area contributed by atoms with Crippen molar-refractivity contribution in [3.8, 4) is 0 Å². The molecule has 0 N–H and O–H groups in total. The summed E-state index contributed by atoms with van der Waals surface area (Å²) in [5, 5.41) is 0. The zero-order chi connectivity index (χ0) is 15.3. The summed E-state index contributed by atoms with van der Waals surface area (Å²) in [6, 6.07) is 3.54. The number of aryl methyl sites for hydroxylation is 1. The number of hydrogen-bond donors (Lipinski definition) is 0. The van der Waals surface area contributed by atoms with Crippen molar-refractivity contribution in [2.75, 3.05) is 0 Å². The number of Topliss-reactive ketones (excluding diaryl/α,β-unsaturated/α-hetero) is 1. The summed E-state index contributed by atoms with van der Waals surface area (Å²) in [5.74, 6) is -0.424. The van der Waals surface area contributed by atoms with E-state index >= 15 is 0 Å². The van der Waals surface area contributed by atoms with Crippen molar-refractivity contribution in [2.45, 2.75) is 77.7 Å². The number of aldehydes is 1. The lowest BCUT2D eigenvalue weighted by Crippen LogP contribution is -2.09. The molecule has 3 nitrogen and oxygen atoms in total. The number of rotatable bonds is 13. The van der Waals surface area contributed by atoms with Crippen LogP contribution in [0.1, 0.15) is 81.6 Å². The first-order valence-electron chi connectivity index (χ1n) is 8.44. The van der Waals surface area contributed by atoms with Gasteiger partial charge in [0.05, 0.1) is 5.69 Å². The first-order chi connectivity index (χ1) is 10.3. The fourth-order valence-corrected chi connectivity index (χ4v) is 2.66. The van der Waals surface area contributed by atoms with Crippen molar-refractivity contribution < 1.29 is 9.59 Å². The van der Waals surface area contributed by atoms with Gasteiger partial charge in [-0.05, 0) is 18.6 Å². The maximum atomic E-state index is 11.4. The molecule has 21 heavy (non-hydrogen) atoms. The molecule has 0 radical (unpaired) electrons. The van der Waals surface area contributed by atoms with Crippen LogP contribution >= 0.6 is 0 Å². The normalized spacial score (nSPS) is 10.7.